The molecule has 0 heterocycles. The second-order valence-corrected chi connectivity index (χ2v) is 5.97. The van der Waals surface area contributed by atoms with Gasteiger partial charge < -0.3 is 4.74 Å². The average Bonchev–Trinajstić information content (AvgIpc) is 2.43. The molecule has 0 spiro atoms. The van der Waals surface area contributed by atoms with Gasteiger partial charge in [0.25, 0.3) is 0 Å². The fraction of sp³-hybridized carbons (Fsp3) is 0.133. The first-order chi connectivity index (χ1) is 9.47. The van der Waals surface area contributed by atoms with Crippen molar-refractivity contribution in [1.82, 2.24) is 0 Å². The van der Waals surface area contributed by atoms with Gasteiger partial charge in [-0.05, 0) is 49.4 Å². The van der Waals surface area contributed by atoms with Gasteiger partial charge in [0.05, 0.1) is 5.02 Å². The van der Waals surface area contributed by atoms with Crippen LogP contribution in [0, 0.1) is 0 Å². The van der Waals surface area contributed by atoms with E-state index in [0.29, 0.717) is 21.4 Å². The zero-order valence-electron chi connectivity index (χ0n) is 10.6. The summed E-state index contributed by atoms with van der Waals surface area (Å²) in [5, 5.41) is 1.05. The highest BCUT2D eigenvalue weighted by Gasteiger charge is 2.18. The van der Waals surface area contributed by atoms with E-state index in [9.17, 15) is 4.79 Å². The van der Waals surface area contributed by atoms with Gasteiger partial charge in [0, 0.05) is 15.1 Å². The van der Waals surface area contributed by atoms with E-state index in [4.69, 9.17) is 27.9 Å². The van der Waals surface area contributed by atoms with Crippen LogP contribution >= 0.6 is 39.1 Å². The molecule has 0 aliphatic heterocycles. The molecule has 2 rings (SSSR count). The number of rotatable bonds is 4. The fourth-order valence-corrected chi connectivity index (χ4v) is 2.29. The van der Waals surface area contributed by atoms with E-state index >= 15 is 0 Å². The van der Waals surface area contributed by atoms with E-state index in [1.165, 1.54) is 0 Å². The van der Waals surface area contributed by atoms with Crippen LogP contribution in [-0.2, 0) is 0 Å². The molecule has 1 atom stereocenters. The molecule has 0 saturated carbocycles. The number of carbonyl (C=O) groups is 1. The molecule has 20 heavy (non-hydrogen) atoms. The monoisotopic (exact) mass is 372 g/mol. The van der Waals surface area contributed by atoms with E-state index < -0.39 is 6.10 Å². The van der Waals surface area contributed by atoms with Gasteiger partial charge in [0.2, 0.25) is 5.78 Å². The van der Waals surface area contributed by atoms with E-state index in [1.807, 2.05) is 0 Å². The van der Waals surface area contributed by atoms with Crippen LogP contribution in [0.25, 0.3) is 0 Å². The number of carbonyl (C=O) groups excluding carboxylic acids is 1. The van der Waals surface area contributed by atoms with Gasteiger partial charge in [0.15, 0.2) is 6.10 Å². The molecule has 0 radical (unpaired) electrons. The predicted octanol–water partition coefficient (Wildman–Crippen LogP) is 5.41. The van der Waals surface area contributed by atoms with Gasteiger partial charge >= 0.3 is 0 Å². The SMILES string of the molecule is CC(Oc1cc(Br)ccc1Cl)C(=O)c1ccc(Cl)cc1. The highest BCUT2D eigenvalue weighted by molar-refractivity contribution is 9.10. The molecule has 0 fully saturated rings. The minimum atomic E-state index is -0.636. The van der Waals surface area contributed by atoms with Crippen LogP contribution in [0.1, 0.15) is 17.3 Å². The zero-order valence-corrected chi connectivity index (χ0v) is 13.7. The summed E-state index contributed by atoms with van der Waals surface area (Å²) in [6.07, 6.45) is -0.636. The van der Waals surface area contributed by atoms with Crippen LogP contribution in [0.5, 0.6) is 5.75 Å². The van der Waals surface area contributed by atoms with Crippen molar-refractivity contribution in [1.29, 1.82) is 0 Å². The van der Waals surface area contributed by atoms with Crippen molar-refractivity contribution in [3.8, 4) is 5.75 Å². The van der Waals surface area contributed by atoms with Crippen molar-refractivity contribution in [2.45, 2.75) is 13.0 Å². The van der Waals surface area contributed by atoms with Gasteiger partial charge in [0.1, 0.15) is 5.75 Å². The Morgan fingerprint density at radius 2 is 1.80 bits per heavy atom. The first-order valence-corrected chi connectivity index (χ1v) is 7.44. The quantitative estimate of drug-likeness (QED) is 0.670. The Kier molecular flexibility index (Phi) is 5.08. The molecule has 0 aliphatic rings. The highest BCUT2D eigenvalue weighted by atomic mass is 79.9. The third-order valence-electron chi connectivity index (χ3n) is 2.69. The predicted molar refractivity (Wildman–Crippen MR) is 85.0 cm³/mol. The largest absolute Gasteiger partial charge is 0.481 e. The van der Waals surface area contributed by atoms with Gasteiger partial charge in [-0.3, -0.25) is 4.79 Å². The molecule has 0 aliphatic carbocycles. The first-order valence-electron chi connectivity index (χ1n) is 5.89. The van der Waals surface area contributed by atoms with Gasteiger partial charge in [-0.1, -0.05) is 39.1 Å². The molecule has 0 N–H and O–H groups in total. The van der Waals surface area contributed by atoms with Crippen molar-refractivity contribution >= 4 is 44.9 Å². The number of benzene rings is 2. The maximum Gasteiger partial charge on any atom is 0.202 e. The van der Waals surface area contributed by atoms with Crippen LogP contribution in [0.15, 0.2) is 46.9 Å². The lowest BCUT2D eigenvalue weighted by atomic mass is 10.1. The van der Waals surface area contributed by atoms with E-state index in [0.717, 1.165) is 4.47 Å². The van der Waals surface area contributed by atoms with Gasteiger partial charge in [-0.2, -0.15) is 0 Å². The van der Waals surface area contributed by atoms with Crippen molar-refractivity contribution in [3.63, 3.8) is 0 Å². The molecule has 104 valence electrons. The third kappa shape index (κ3) is 3.75. The summed E-state index contributed by atoms with van der Waals surface area (Å²) in [5.74, 6) is 0.341. The number of halogens is 3. The Morgan fingerprint density at radius 3 is 2.45 bits per heavy atom. The second kappa shape index (κ2) is 6.61. The maximum absolute atomic E-state index is 12.2. The summed E-state index contributed by atoms with van der Waals surface area (Å²) in [5.41, 5.74) is 0.549. The van der Waals surface area contributed by atoms with Gasteiger partial charge in [-0.25, -0.2) is 0 Å². The van der Waals surface area contributed by atoms with Crippen molar-refractivity contribution < 1.29 is 9.53 Å². The van der Waals surface area contributed by atoms with E-state index in [-0.39, 0.29) is 5.78 Å². The van der Waals surface area contributed by atoms with Crippen molar-refractivity contribution in [2.75, 3.05) is 0 Å². The summed E-state index contributed by atoms with van der Waals surface area (Å²) in [4.78, 5) is 12.2. The van der Waals surface area contributed by atoms with Crippen LogP contribution in [0.3, 0.4) is 0 Å². The summed E-state index contributed by atoms with van der Waals surface area (Å²) in [6, 6.07) is 11.9. The lowest BCUT2D eigenvalue weighted by Crippen LogP contribution is -2.24. The van der Waals surface area contributed by atoms with Gasteiger partial charge in [-0.15, -0.1) is 0 Å². The minimum absolute atomic E-state index is 0.127. The zero-order chi connectivity index (χ0) is 14.7. The third-order valence-corrected chi connectivity index (χ3v) is 3.75. The molecule has 2 aromatic carbocycles. The van der Waals surface area contributed by atoms with Crippen molar-refractivity contribution in [2.24, 2.45) is 0 Å². The number of ketones is 1. The number of hydrogen-bond donors (Lipinski definition) is 0. The van der Waals surface area contributed by atoms with Crippen LogP contribution < -0.4 is 4.74 Å². The Hall–Kier alpha value is -1.03. The smallest absolute Gasteiger partial charge is 0.202 e. The molecule has 2 nitrogen and oxygen atoms in total. The Balaban J connectivity index is 2.15. The van der Waals surface area contributed by atoms with Crippen LogP contribution in [0.4, 0.5) is 0 Å². The normalized spacial score (nSPS) is 12.0. The lowest BCUT2D eigenvalue weighted by Gasteiger charge is -2.15. The summed E-state index contributed by atoms with van der Waals surface area (Å²) in [7, 11) is 0. The van der Waals surface area contributed by atoms with Crippen LogP contribution in [0.2, 0.25) is 10.0 Å². The average molecular weight is 374 g/mol. The Morgan fingerprint density at radius 1 is 1.15 bits per heavy atom. The molecule has 0 aromatic heterocycles. The standard InChI is InChI=1S/C15H11BrCl2O2/c1-9(15(19)10-2-5-12(17)6-3-10)20-14-8-11(16)4-7-13(14)18/h2-9H,1H3. The van der Waals surface area contributed by atoms with E-state index in [1.54, 1.807) is 49.4 Å². The summed E-state index contributed by atoms with van der Waals surface area (Å²) < 4.78 is 6.46. The van der Waals surface area contributed by atoms with Crippen molar-refractivity contribution in [3.05, 3.63) is 62.5 Å². The number of ether oxygens (including phenoxy) is 1. The molecule has 0 saturated heterocycles. The molecular weight excluding hydrogens is 363 g/mol. The summed E-state index contributed by atoms with van der Waals surface area (Å²) in [6.45, 7) is 1.69. The summed E-state index contributed by atoms with van der Waals surface area (Å²) >= 11 is 15.2. The Labute approximate surface area is 135 Å². The molecule has 5 heteroatoms. The molecule has 2 aromatic rings. The molecule has 1 unspecified atom stereocenters. The number of hydrogen-bond acceptors (Lipinski definition) is 2. The number of Topliss-reactive ketones (excluding diaryl/α,β-unsaturated/α-hetero) is 1. The second-order valence-electron chi connectivity index (χ2n) is 4.21. The minimum Gasteiger partial charge on any atom is -0.481 e. The fourth-order valence-electron chi connectivity index (χ4n) is 1.66. The lowest BCUT2D eigenvalue weighted by molar-refractivity contribution is 0.0818. The van der Waals surface area contributed by atoms with E-state index in [2.05, 4.69) is 15.9 Å². The molecule has 0 bridgehead atoms. The molecule has 0 amide bonds. The topological polar surface area (TPSA) is 26.3 Å². The Bertz CT molecular complexity index is 626. The first kappa shape index (κ1) is 15.4. The molecular formula is C15H11BrCl2O2. The highest BCUT2D eigenvalue weighted by Crippen LogP contribution is 2.29. The maximum atomic E-state index is 12.2. The van der Waals surface area contributed by atoms with Crippen LogP contribution in [-0.4, -0.2) is 11.9 Å².